The van der Waals surface area contributed by atoms with Crippen molar-refractivity contribution in [2.45, 2.75) is 71.1 Å². The van der Waals surface area contributed by atoms with E-state index >= 15 is 0 Å². The molecule has 0 saturated heterocycles. The molecule has 1 saturated carbocycles. The SMILES string of the molecule is CCOC(O)C1CC(O[Si](C)(C)C(C)(C)C)CC1CO. The molecule has 1 aliphatic rings. The first-order valence-electron chi connectivity index (χ1n) is 7.70. The van der Waals surface area contributed by atoms with Gasteiger partial charge in [0.15, 0.2) is 14.6 Å². The van der Waals surface area contributed by atoms with Gasteiger partial charge in [-0.15, -0.1) is 0 Å². The Labute approximate surface area is 124 Å². The second-order valence-electron chi connectivity index (χ2n) is 7.42. The van der Waals surface area contributed by atoms with Crippen molar-refractivity contribution in [3.63, 3.8) is 0 Å². The fourth-order valence-electron chi connectivity index (χ4n) is 2.65. The van der Waals surface area contributed by atoms with Crippen LogP contribution in [0.3, 0.4) is 0 Å². The maximum atomic E-state index is 10.0. The van der Waals surface area contributed by atoms with Crippen molar-refractivity contribution >= 4 is 8.32 Å². The molecule has 0 aliphatic heterocycles. The number of aliphatic hydroxyl groups excluding tert-OH is 2. The summed E-state index contributed by atoms with van der Waals surface area (Å²) in [6.45, 7) is 13.6. The first-order chi connectivity index (χ1) is 9.12. The summed E-state index contributed by atoms with van der Waals surface area (Å²) in [5, 5.41) is 19.7. The molecule has 20 heavy (non-hydrogen) atoms. The normalized spacial score (nSPS) is 29.7. The molecule has 4 unspecified atom stereocenters. The van der Waals surface area contributed by atoms with Crippen molar-refractivity contribution in [3.05, 3.63) is 0 Å². The van der Waals surface area contributed by atoms with E-state index < -0.39 is 14.6 Å². The number of aliphatic hydroxyl groups is 2. The van der Waals surface area contributed by atoms with E-state index in [4.69, 9.17) is 9.16 Å². The van der Waals surface area contributed by atoms with Gasteiger partial charge in [0.05, 0.1) is 0 Å². The van der Waals surface area contributed by atoms with Gasteiger partial charge in [-0.25, -0.2) is 0 Å². The van der Waals surface area contributed by atoms with Gasteiger partial charge in [0, 0.05) is 25.2 Å². The van der Waals surface area contributed by atoms with Crippen molar-refractivity contribution in [3.8, 4) is 0 Å². The van der Waals surface area contributed by atoms with E-state index in [0.29, 0.717) is 6.61 Å². The van der Waals surface area contributed by atoms with Crippen LogP contribution in [0, 0.1) is 11.8 Å². The molecule has 4 nitrogen and oxygen atoms in total. The molecule has 4 atom stereocenters. The van der Waals surface area contributed by atoms with E-state index in [1.54, 1.807) is 0 Å². The van der Waals surface area contributed by atoms with Crippen molar-refractivity contribution in [1.29, 1.82) is 0 Å². The van der Waals surface area contributed by atoms with Gasteiger partial charge in [0.2, 0.25) is 0 Å². The Bertz CT molecular complexity index is 301. The van der Waals surface area contributed by atoms with Crippen LogP contribution in [0.1, 0.15) is 40.5 Å². The van der Waals surface area contributed by atoms with Gasteiger partial charge in [-0.1, -0.05) is 20.8 Å². The van der Waals surface area contributed by atoms with Crippen LogP contribution in [0.2, 0.25) is 18.1 Å². The standard InChI is InChI=1S/C15H32O4Si/c1-7-18-14(17)13-9-12(8-11(13)10-16)19-20(5,6)15(2,3)4/h11-14,16-17H,7-10H2,1-6H3. The Morgan fingerprint density at radius 3 is 2.30 bits per heavy atom. The lowest BCUT2D eigenvalue weighted by atomic mass is 9.96. The molecule has 0 radical (unpaired) electrons. The second-order valence-corrected chi connectivity index (χ2v) is 12.2. The Kier molecular flexibility index (Phi) is 6.23. The van der Waals surface area contributed by atoms with Crippen LogP contribution in [0.4, 0.5) is 0 Å². The van der Waals surface area contributed by atoms with E-state index in [1.807, 2.05) is 6.92 Å². The molecule has 1 fully saturated rings. The third-order valence-electron chi connectivity index (χ3n) is 4.91. The number of rotatable bonds is 6. The molecule has 0 bridgehead atoms. The summed E-state index contributed by atoms with van der Waals surface area (Å²) >= 11 is 0. The highest BCUT2D eigenvalue weighted by Gasteiger charge is 2.44. The second kappa shape index (κ2) is 6.88. The highest BCUT2D eigenvalue weighted by atomic mass is 28.4. The fraction of sp³-hybridized carbons (Fsp3) is 1.00. The summed E-state index contributed by atoms with van der Waals surface area (Å²) in [4.78, 5) is 0. The van der Waals surface area contributed by atoms with E-state index in [2.05, 4.69) is 33.9 Å². The van der Waals surface area contributed by atoms with Gasteiger partial charge in [-0.05, 0) is 43.8 Å². The topological polar surface area (TPSA) is 58.9 Å². The van der Waals surface area contributed by atoms with Gasteiger partial charge in [0.1, 0.15) is 0 Å². The maximum absolute atomic E-state index is 10.0. The fourth-order valence-corrected chi connectivity index (χ4v) is 4.03. The summed E-state index contributed by atoms with van der Waals surface area (Å²) in [5.74, 6) is 0.0565. The van der Waals surface area contributed by atoms with Crippen LogP contribution in [0.15, 0.2) is 0 Å². The number of hydrogen-bond acceptors (Lipinski definition) is 4. The largest absolute Gasteiger partial charge is 0.414 e. The van der Waals surface area contributed by atoms with Crippen LogP contribution in [-0.2, 0) is 9.16 Å². The molecular weight excluding hydrogens is 272 g/mol. The zero-order valence-corrected chi connectivity index (χ0v) is 14.8. The molecule has 0 amide bonds. The van der Waals surface area contributed by atoms with E-state index in [-0.39, 0.29) is 29.6 Å². The molecule has 0 spiro atoms. The third-order valence-corrected chi connectivity index (χ3v) is 9.45. The molecule has 5 heteroatoms. The van der Waals surface area contributed by atoms with Gasteiger partial charge in [0.25, 0.3) is 0 Å². The van der Waals surface area contributed by atoms with E-state index in [0.717, 1.165) is 12.8 Å². The molecule has 0 aromatic heterocycles. The van der Waals surface area contributed by atoms with Crippen LogP contribution in [0.25, 0.3) is 0 Å². The zero-order chi connectivity index (χ0) is 15.6. The molecule has 0 heterocycles. The monoisotopic (exact) mass is 304 g/mol. The minimum Gasteiger partial charge on any atom is -0.414 e. The minimum atomic E-state index is -1.80. The first kappa shape index (κ1) is 18.1. The molecule has 120 valence electrons. The summed E-state index contributed by atoms with van der Waals surface area (Å²) in [7, 11) is -1.80. The van der Waals surface area contributed by atoms with E-state index in [1.165, 1.54) is 0 Å². The Hall–Kier alpha value is 0.0569. The highest BCUT2D eigenvalue weighted by Crippen LogP contribution is 2.42. The van der Waals surface area contributed by atoms with E-state index in [9.17, 15) is 10.2 Å². The molecule has 0 aromatic carbocycles. The predicted molar refractivity (Wildman–Crippen MR) is 83.0 cm³/mol. The van der Waals surface area contributed by atoms with Crippen LogP contribution in [-0.4, -0.2) is 44.1 Å². The lowest BCUT2D eigenvalue weighted by molar-refractivity contribution is -0.142. The van der Waals surface area contributed by atoms with Crippen molar-refractivity contribution in [2.75, 3.05) is 13.2 Å². The lowest BCUT2D eigenvalue weighted by Gasteiger charge is -2.38. The Balaban J connectivity index is 2.67. The van der Waals surface area contributed by atoms with Crippen molar-refractivity contribution in [1.82, 2.24) is 0 Å². The Morgan fingerprint density at radius 1 is 1.25 bits per heavy atom. The number of ether oxygens (including phenoxy) is 1. The minimum absolute atomic E-state index is 0.0188. The molecule has 2 N–H and O–H groups in total. The van der Waals surface area contributed by atoms with Gasteiger partial charge in [-0.3, -0.25) is 0 Å². The third kappa shape index (κ3) is 4.27. The quantitative estimate of drug-likeness (QED) is 0.585. The summed E-state index contributed by atoms with van der Waals surface area (Å²) in [6, 6.07) is 0. The molecular formula is C15H32O4Si. The summed E-state index contributed by atoms with van der Waals surface area (Å²) < 4.78 is 11.7. The van der Waals surface area contributed by atoms with Crippen LogP contribution < -0.4 is 0 Å². The summed E-state index contributed by atoms with van der Waals surface area (Å²) in [6.07, 6.45) is 0.940. The molecule has 1 aliphatic carbocycles. The summed E-state index contributed by atoms with van der Waals surface area (Å²) in [5.41, 5.74) is 0. The van der Waals surface area contributed by atoms with Crippen LogP contribution >= 0.6 is 0 Å². The van der Waals surface area contributed by atoms with Crippen LogP contribution in [0.5, 0.6) is 0 Å². The smallest absolute Gasteiger partial charge is 0.192 e. The average Bonchev–Trinajstić information content (AvgIpc) is 2.70. The van der Waals surface area contributed by atoms with Gasteiger partial charge >= 0.3 is 0 Å². The number of hydrogen-bond donors (Lipinski definition) is 2. The Morgan fingerprint density at radius 2 is 1.85 bits per heavy atom. The predicted octanol–water partition coefficient (Wildman–Crippen LogP) is 2.75. The molecule has 0 aromatic rings. The van der Waals surface area contributed by atoms with Crippen molar-refractivity contribution in [2.24, 2.45) is 11.8 Å². The van der Waals surface area contributed by atoms with Crippen molar-refractivity contribution < 1.29 is 19.4 Å². The van der Waals surface area contributed by atoms with Gasteiger partial charge in [-0.2, -0.15) is 0 Å². The first-order valence-corrected chi connectivity index (χ1v) is 10.6. The molecule has 1 rings (SSSR count). The van der Waals surface area contributed by atoms with Gasteiger partial charge < -0.3 is 19.4 Å². The maximum Gasteiger partial charge on any atom is 0.192 e. The average molecular weight is 305 g/mol. The highest BCUT2D eigenvalue weighted by molar-refractivity contribution is 6.74. The lowest BCUT2D eigenvalue weighted by Crippen LogP contribution is -2.43. The zero-order valence-electron chi connectivity index (χ0n) is 13.8.